The molecule has 0 bridgehead atoms. The van der Waals surface area contributed by atoms with Crippen LogP contribution in [0.4, 0.5) is 0 Å². The third kappa shape index (κ3) is 4.84. The lowest BCUT2D eigenvalue weighted by Gasteiger charge is -2.40. The molecule has 0 aromatic rings. The van der Waals surface area contributed by atoms with Gasteiger partial charge in [-0.2, -0.15) is 0 Å². The summed E-state index contributed by atoms with van der Waals surface area (Å²) in [6.45, 7) is 7.58. The number of carbonyl (C=O) groups is 1. The average Bonchev–Trinajstić information content (AvgIpc) is 2.27. The summed E-state index contributed by atoms with van der Waals surface area (Å²) in [5.74, 6) is 1.13. The molecular weight excluding hydrogens is 236 g/mol. The maximum atomic E-state index is 11.4. The monoisotopic (exact) mass is 260 g/mol. The smallest absolute Gasteiger partial charge is 0.221 e. The van der Waals surface area contributed by atoms with E-state index in [1.165, 1.54) is 19.4 Å². The molecule has 17 heavy (non-hydrogen) atoms. The number of nitrogens with zero attached hydrogens (tertiary/aromatic N) is 1. The summed E-state index contributed by atoms with van der Waals surface area (Å²) < 4.78 is 0. The summed E-state index contributed by atoms with van der Waals surface area (Å²) in [7, 11) is 2.17. The number of nitrogens with one attached hydrogen (secondary N) is 1. The Morgan fingerprint density at radius 3 is 2.82 bits per heavy atom. The Kier molecular flexibility index (Phi) is 5.74. The summed E-state index contributed by atoms with van der Waals surface area (Å²) in [5, 5.41) is 2.99. The lowest BCUT2D eigenvalue weighted by atomic mass is 9.74. The standard InChI is InChI=1S/C13H25ClN2O/c1-13(2,10-15-12(17)6-7-14)11-5-4-8-16(3)9-11/h11H,4-10H2,1-3H3,(H,15,17). The first kappa shape index (κ1) is 14.8. The number of carbonyl (C=O) groups excluding carboxylic acids is 1. The van der Waals surface area contributed by atoms with Crippen molar-refractivity contribution in [3.05, 3.63) is 0 Å². The van der Waals surface area contributed by atoms with Crippen LogP contribution in [-0.2, 0) is 4.79 Å². The van der Waals surface area contributed by atoms with Crippen molar-refractivity contribution in [3.63, 3.8) is 0 Å². The number of likely N-dealkylation sites (tertiary alicyclic amines) is 1. The molecule has 1 aliphatic rings. The molecular formula is C13H25ClN2O. The summed E-state index contributed by atoms with van der Waals surface area (Å²) in [6.07, 6.45) is 2.95. The molecule has 0 aromatic carbocycles. The molecule has 0 saturated carbocycles. The Hall–Kier alpha value is -0.280. The lowest BCUT2D eigenvalue weighted by molar-refractivity contribution is -0.121. The fraction of sp³-hybridized carbons (Fsp3) is 0.923. The molecule has 3 nitrogen and oxygen atoms in total. The first-order chi connectivity index (χ1) is 7.95. The van der Waals surface area contributed by atoms with Gasteiger partial charge in [0.05, 0.1) is 0 Å². The molecule has 0 aromatic heterocycles. The molecule has 0 spiro atoms. The molecule has 1 unspecified atom stereocenters. The van der Waals surface area contributed by atoms with Crippen LogP contribution in [-0.4, -0.2) is 43.4 Å². The Balaban J connectivity index is 2.41. The van der Waals surface area contributed by atoms with Crippen molar-refractivity contribution in [3.8, 4) is 0 Å². The Bertz CT molecular complexity index is 256. The topological polar surface area (TPSA) is 32.3 Å². The summed E-state index contributed by atoms with van der Waals surface area (Å²) in [4.78, 5) is 13.8. The zero-order valence-corrected chi connectivity index (χ0v) is 12.0. The zero-order valence-electron chi connectivity index (χ0n) is 11.3. The van der Waals surface area contributed by atoms with Gasteiger partial charge in [0, 0.05) is 25.4 Å². The van der Waals surface area contributed by atoms with Gasteiger partial charge in [-0.25, -0.2) is 0 Å². The number of piperidine rings is 1. The zero-order chi connectivity index (χ0) is 12.9. The molecule has 1 saturated heterocycles. The van der Waals surface area contributed by atoms with E-state index in [0.29, 0.717) is 18.2 Å². The van der Waals surface area contributed by atoms with Crippen LogP contribution in [0.1, 0.15) is 33.1 Å². The molecule has 1 rings (SSSR count). The van der Waals surface area contributed by atoms with Crippen LogP contribution in [0.2, 0.25) is 0 Å². The number of hydrogen-bond donors (Lipinski definition) is 1. The predicted molar refractivity (Wildman–Crippen MR) is 72.3 cm³/mol. The molecule has 0 radical (unpaired) electrons. The van der Waals surface area contributed by atoms with Gasteiger partial charge in [0.25, 0.3) is 0 Å². The molecule has 100 valence electrons. The van der Waals surface area contributed by atoms with Gasteiger partial charge >= 0.3 is 0 Å². The average molecular weight is 261 g/mol. The highest BCUT2D eigenvalue weighted by Crippen LogP contribution is 2.32. The van der Waals surface area contributed by atoms with Gasteiger partial charge in [-0.15, -0.1) is 11.6 Å². The fourth-order valence-corrected chi connectivity index (χ4v) is 2.62. The van der Waals surface area contributed by atoms with E-state index in [2.05, 4.69) is 31.1 Å². The molecule has 0 aliphatic carbocycles. The van der Waals surface area contributed by atoms with E-state index in [-0.39, 0.29) is 11.3 Å². The van der Waals surface area contributed by atoms with Gasteiger partial charge in [-0.3, -0.25) is 4.79 Å². The molecule has 1 fully saturated rings. The number of amides is 1. The van der Waals surface area contributed by atoms with Crippen molar-refractivity contribution in [1.29, 1.82) is 0 Å². The molecule has 4 heteroatoms. The van der Waals surface area contributed by atoms with Gasteiger partial charge in [0.15, 0.2) is 0 Å². The van der Waals surface area contributed by atoms with E-state index in [0.717, 1.165) is 13.1 Å². The first-order valence-corrected chi connectivity index (χ1v) is 7.00. The Morgan fingerprint density at radius 1 is 1.53 bits per heavy atom. The molecule has 1 heterocycles. The second kappa shape index (κ2) is 6.60. The Labute approximate surface area is 110 Å². The normalized spacial score (nSPS) is 22.5. The SMILES string of the molecule is CN1CCCC(C(C)(C)CNC(=O)CCCl)C1. The van der Waals surface area contributed by atoms with Crippen LogP contribution >= 0.6 is 11.6 Å². The van der Waals surface area contributed by atoms with Gasteiger partial charge in [0.1, 0.15) is 0 Å². The third-order valence-electron chi connectivity index (χ3n) is 3.79. The van der Waals surface area contributed by atoms with Gasteiger partial charge in [-0.1, -0.05) is 13.8 Å². The van der Waals surface area contributed by atoms with Crippen LogP contribution in [0.3, 0.4) is 0 Å². The number of rotatable bonds is 5. The summed E-state index contributed by atoms with van der Waals surface area (Å²) in [6, 6.07) is 0. The van der Waals surface area contributed by atoms with E-state index in [9.17, 15) is 4.79 Å². The fourth-order valence-electron chi connectivity index (χ4n) is 2.45. The van der Waals surface area contributed by atoms with Crippen molar-refractivity contribution in [2.45, 2.75) is 33.1 Å². The summed E-state index contributed by atoms with van der Waals surface area (Å²) >= 11 is 5.55. The van der Waals surface area contributed by atoms with Crippen LogP contribution in [0.5, 0.6) is 0 Å². The maximum Gasteiger partial charge on any atom is 0.221 e. The van der Waals surface area contributed by atoms with Crippen molar-refractivity contribution in [1.82, 2.24) is 10.2 Å². The van der Waals surface area contributed by atoms with Crippen molar-refractivity contribution >= 4 is 17.5 Å². The maximum absolute atomic E-state index is 11.4. The van der Waals surface area contributed by atoms with Crippen molar-refractivity contribution < 1.29 is 4.79 Å². The van der Waals surface area contributed by atoms with E-state index in [1.807, 2.05) is 0 Å². The highest BCUT2D eigenvalue weighted by molar-refractivity contribution is 6.18. The van der Waals surface area contributed by atoms with Crippen LogP contribution < -0.4 is 5.32 Å². The van der Waals surface area contributed by atoms with E-state index in [4.69, 9.17) is 11.6 Å². The highest BCUT2D eigenvalue weighted by Gasteiger charge is 2.32. The molecule has 1 atom stereocenters. The van der Waals surface area contributed by atoms with E-state index >= 15 is 0 Å². The minimum absolute atomic E-state index is 0.0669. The highest BCUT2D eigenvalue weighted by atomic mass is 35.5. The molecule has 1 aliphatic heterocycles. The van der Waals surface area contributed by atoms with Crippen LogP contribution in [0.15, 0.2) is 0 Å². The van der Waals surface area contributed by atoms with E-state index < -0.39 is 0 Å². The predicted octanol–water partition coefficient (Wildman–Crippen LogP) is 2.10. The van der Waals surface area contributed by atoms with Crippen molar-refractivity contribution in [2.24, 2.45) is 11.3 Å². The summed E-state index contributed by atoms with van der Waals surface area (Å²) in [5.41, 5.74) is 0.163. The minimum Gasteiger partial charge on any atom is -0.356 e. The van der Waals surface area contributed by atoms with Crippen molar-refractivity contribution in [2.75, 3.05) is 32.6 Å². The van der Waals surface area contributed by atoms with Gasteiger partial charge in [-0.05, 0) is 37.8 Å². The number of alkyl halides is 1. The number of hydrogen-bond acceptors (Lipinski definition) is 2. The van der Waals surface area contributed by atoms with E-state index in [1.54, 1.807) is 0 Å². The molecule has 1 N–H and O–H groups in total. The second-order valence-electron chi connectivity index (χ2n) is 5.81. The number of halogens is 1. The second-order valence-corrected chi connectivity index (χ2v) is 6.18. The van der Waals surface area contributed by atoms with Gasteiger partial charge < -0.3 is 10.2 Å². The lowest BCUT2D eigenvalue weighted by Crippen LogP contribution is -2.45. The third-order valence-corrected chi connectivity index (χ3v) is 3.98. The van der Waals surface area contributed by atoms with Crippen LogP contribution in [0, 0.1) is 11.3 Å². The van der Waals surface area contributed by atoms with Gasteiger partial charge in [0.2, 0.25) is 5.91 Å². The molecule has 1 amide bonds. The Morgan fingerprint density at radius 2 is 2.24 bits per heavy atom. The minimum atomic E-state index is 0.0669. The van der Waals surface area contributed by atoms with Crippen LogP contribution in [0.25, 0.3) is 0 Å². The quantitative estimate of drug-likeness (QED) is 0.768. The first-order valence-electron chi connectivity index (χ1n) is 6.47. The largest absolute Gasteiger partial charge is 0.356 e.